The lowest BCUT2D eigenvalue weighted by molar-refractivity contribution is 0.512. The van der Waals surface area contributed by atoms with E-state index >= 15 is 0 Å². The maximum atomic E-state index is 3.89. The van der Waals surface area contributed by atoms with Gasteiger partial charge in [-0.1, -0.05) is 17.7 Å². The predicted molar refractivity (Wildman–Crippen MR) is 56.3 cm³/mol. The molecule has 0 aliphatic rings. The molecule has 1 N–H and O–H groups in total. The average Bonchev–Trinajstić information content (AvgIpc) is 1.84. The first kappa shape index (κ1) is 11.4. The quantitative estimate of drug-likeness (QED) is 0.621. The second kappa shape index (κ2) is 6.01. The monoisotopic (exact) mass is 167 g/mol. The van der Waals surface area contributed by atoms with Gasteiger partial charge in [-0.2, -0.15) is 0 Å². The first-order valence-corrected chi connectivity index (χ1v) is 4.59. The van der Waals surface area contributed by atoms with Crippen LogP contribution in [-0.4, -0.2) is 12.1 Å². The van der Waals surface area contributed by atoms with Crippen molar-refractivity contribution in [3.05, 3.63) is 24.3 Å². The molecular formula is C11H21N. The van der Waals surface area contributed by atoms with Crippen LogP contribution in [0.2, 0.25) is 0 Å². The Morgan fingerprint density at radius 2 is 2.08 bits per heavy atom. The Kier molecular flexibility index (Phi) is 5.73. The summed E-state index contributed by atoms with van der Waals surface area (Å²) in [4.78, 5) is 0. The van der Waals surface area contributed by atoms with Crippen molar-refractivity contribution < 1.29 is 0 Å². The van der Waals surface area contributed by atoms with Gasteiger partial charge < -0.3 is 5.32 Å². The largest absolute Gasteiger partial charge is 0.308 e. The summed E-state index contributed by atoms with van der Waals surface area (Å²) in [6.07, 6.45) is 5.29. The van der Waals surface area contributed by atoms with E-state index in [4.69, 9.17) is 0 Å². The molecule has 2 unspecified atom stereocenters. The van der Waals surface area contributed by atoms with Crippen LogP contribution < -0.4 is 5.32 Å². The Bertz CT molecular complexity index is 158. The first-order chi connectivity index (χ1) is 5.56. The van der Waals surface area contributed by atoms with E-state index in [0.29, 0.717) is 12.1 Å². The molecule has 0 radical (unpaired) electrons. The minimum atomic E-state index is 0.462. The molecule has 0 amide bonds. The molecule has 0 aliphatic heterocycles. The third-order valence-corrected chi connectivity index (χ3v) is 1.68. The highest BCUT2D eigenvalue weighted by molar-refractivity contribution is 4.95. The van der Waals surface area contributed by atoms with E-state index in [-0.39, 0.29) is 0 Å². The van der Waals surface area contributed by atoms with E-state index in [9.17, 15) is 0 Å². The highest BCUT2D eigenvalue weighted by Gasteiger charge is 2.03. The van der Waals surface area contributed by atoms with Crippen molar-refractivity contribution in [2.45, 2.75) is 46.2 Å². The Hall–Kier alpha value is -0.560. The van der Waals surface area contributed by atoms with Crippen LogP contribution in [0.1, 0.15) is 34.1 Å². The fourth-order valence-electron chi connectivity index (χ4n) is 1.37. The van der Waals surface area contributed by atoms with Gasteiger partial charge in [-0.25, -0.2) is 0 Å². The molecule has 0 saturated heterocycles. The zero-order valence-electron chi connectivity index (χ0n) is 8.72. The summed E-state index contributed by atoms with van der Waals surface area (Å²) in [5.74, 6) is 0. The number of rotatable bonds is 5. The minimum Gasteiger partial charge on any atom is -0.308 e. The van der Waals surface area contributed by atoms with Gasteiger partial charge in [0.1, 0.15) is 0 Å². The molecule has 2 atom stereocenters. The lowest BCUT2D eigenvalue weighted by atomic mass is 10.1. The molecule has 0 aliphatic carbocycles. The van der Waals surface area contributed by atoms with Crippen molar-refractivity contribution in [1.29, 1.82) is 0 Å². The van der Waals surface area contributed by atoms with Gasteiger partial charge in [-0.15, -0.1) is 6.58 Å². The maximum Gasteiger partial charge on any atom is 0.0224 e. The van der Waals surface area contributed by atoms with E-state index in [1.165, 1.54) is 5.57 Å². The van der Waals surface area contributed by atoms with Crippen LogP contribution in [0.15, 0.2) is 24.3 Å². The molecule has 0 fully saturated rings. The molecule has 0 bridgehead atoms. The van der Waals surface area contributed by atoms with E-state index in [1.54, 1.807) is 0 Å². The number of allylic oxidation sites excluding steroid dienone is 1. The standard InChI is InChI=1S/C11H21N/c1-6-7-10(4)12-11(5)8-9(2)3/h6-7,10-12H,2,8H2,1,3-5H3. The van der Waals surface area contributed by atoms with Crippen LogP contribution in [0.3, 0.4) is 0 Å². The van der Waals surface area contributed by atoms with Crippen LogP contribution in [0, 0.1) is 0 Å². The Morgan fingerprint density at radius 3 is 2.50 bits per heavy atom. The first-order valence-electron chi connectivity index (χ1n) is 4.59. The Morgan fingerprint density at radius 1 is 1.50 bits per heavy atom. The third-order valence-electron chi connectivity index (χ3n) is 1.68. The smallest absolute Gasteiger partial charge is 0.0224 e. The molecule has 0 aromatic carbocycles. The highest BCUT2D eigenvalue weighted by Crippen LogP contribution is 2.02. The summed E-state index contributed by atoms with van der Waals surface area (Å²) in [6, 6.07) is 0.984. The van der Waals surface area contributed by atoms with Crippen molar-refractivity contribution in [2.24, 2.45) is 0 Å². The lowest BCUT2D eigenvalue weighted by Crippen LogP contribution is -2.33. The van der Waals surface area contributed by atoms with Gasteiger partial charge in [0.15, 0.2) is 0 Å². The number of hydrogen-bond donors (Lipinski definition) is 1. The second-order valence-electron chi connectivity index (χ2n) is 3.54. The van der Waals surface area contributed by atoms with Crippen LogP contribution in [0.5, 0.6) is 0 Å². The Labute approximate surface area is 76.6 Å². The summed E-state index contributed by atoms with van der Waals surface area (Å²) >= 11 is 0. The van der Waals surface area contributed by atoms with Crippen molar-refractivity contribution in [2.75, 3.05) is 0 Å². The predicted octanol–water partition coefficient (Wildman–Crippen LogP) is 2.90. The summed E-state index contributed by atoms with van der Waals surface area (Å²) in [6.45, 7) is 12.4. The van der Waals surface area contributed by atoms with E-state index < -0.39 is 0 Å². The van der Waals surface area contributed by atoms with Gasteiger partial charge in [0.2, 0.25) is 0 Å². The zero-order valence-corrected chi connectivity index (χ0v) is 8.72. The average molecular weight is 167 g/mol. The van der Waals surface area contributed by atoms with E-state index in [2.05, 4.69) is 44.8 Å². The van der Waals surface area contributed by atoms with E-state index in [0.717, 1.165) is 6.42 Å². The lowest BCUT2D eigenvalue weighted by Gasteiger charge is -2.17. The summed E-state index contributed by atoms with van der Waals surface area (Å²) < 4.78 is 0. The summed E-state index contributed by atoms with van der Waals surface area (Å²) in [7, 11) is 0. The van der Waals surface area contributed by atoms with Crippen LogP contribution >= 0.6 is 0 Å². The number of hydrogen-bond acceptors (Lipinski definition) is 1. The van der Waals surface area contributed by atoms with Gasteiger partial charge >= 0.3 is 0 Å². The third kappa shape index (κ3) is 6.17. The van der Waals surface area contributed by atoms with Gasteiger partial charge in [0, 0.05) is 12.1 Å². The topological polar surface area (TPSA) is 12.0 Å². The van der Waals surface area contributed by atoms with Crippen LogP contribution in [-0.2, 0) is 0 Å². The normalized spacial score (nSPS) is 16.3. The molecule has 70 valence electrons. The fraction of sp³-hybridized carbons (Fsp3) is 0.636. The zero-order chi connectivity index (χ0) is 9.56. The maximum absolute atomic E-state index is 3.89. The molecule has 0 spiro atoms. The van der Waals surface area contributed by atoms with Gasteiger partial charge in [0.25, 0.3) is 0 Å². The van der Waals surface area contributed by atoms with Gasteiger partial charge in [0.05, 0.1) is 0 Å². The van der Waals surface area contributed by atoms with E-state index in [1.807, 2.05) is 6.92 Å². The second-order valence-corrected chi connectivity index (χ2v) is 3.54. The fourth-order valence-corrected chi connectivity index (χ4v) is 1.37. The molecular weight excluding hydrogens is 146 g/mol. The minimum absolute atomic E-state index is 0.462. The van der Waals surface area contributed by atoms with Crippen LogP contribution in [0.4, 0.5) is 0 Å². The van der Waals surface area contributed by atoms with Crippen LogP contribution in [0.25, 0.3) is 0 Å². The summed E-state index contributed by atoms with van der Waals surface area (Å²) in [5.41, 5.74) is 1.24. The van der Waals surface area contributed by atoms with Crippen molar-refractivity contribution in [1.82, 2.24) is 5.32 Å². The molecule has 12 heavy (non-hydrogen) atoms. The Balaban J connectivity index is 3.67. The van der Waals surface area contributed by atoms with Gasteiger partial charge in [-0.3, -0.25) is 0 Å². The molecule has 1 heteroatoms. The molecule has 0 rings (SSSR count). The SMILES string of the molecule is C=C(C)CC(C)NC(C)C=CC. The molecule has 1 nitrogen and oxygen atoms in total. The summed E-state index contributed by atoms with van der Waals surface area (Å²) in [5, 5.41) is 3.46. The van der Waals surface area contributed by atoms with Gasteiger partial charge in [-0.05, 0) is 34.1 Å². The highest BCUT2D eigenvalue weighted by atomic mass is 14.9. The number of nitrogens with one attached hydrogen (secondary N) is 1. The molecule has 0 aromatic rings. The molecule has 0 saturated carbocycles. The van der Waals surface area contributed by atoms with Crippen molar-refractivity contribution in [3.63, 3.8) is 0 Å². The molecule has 0 aromatic heterocycles. The molecule has 0 heterocycles. The van der Waals surface area contributed by atoms with Crippen molar-refractivity contribution in [3.8, 4) is 0 Å². The van der Waals surface area contributed by atoms with Crippen molar-refractivity contribution >= 4 is 0 Å².